The number of hydrogen-bond acceptors (Lipinski definition) is 5. The number of allylic oxidation sites excluding steroid dienone is 1. The summed E-state index contributed by atoms with van der Waals surface area (Å²) in [6.45, 7) is 4.13. The number of carbonyl (C=O) groups is 1. The largest absolute Gasteiger partial charge is 0.457 e. The predicted octanol–water partition coefficient (Wildman–Crippen LogP) is 2.09. The lowest BCUT2D eigenvalue weighted by molar-refractivity contribution is -0.140. The number of benzene rings is 1. The molecule has 1 aromatic carbocycles. The van der Waals surface area contributed by atoms with Gasteiger partial charge >= 0.3 is 5.97 Å². The molecule has 21 heavy (non-hydrogen) atoms. The SMILES string of the molecule is CCCC1N=C(N)NC(C)=C1C(=O)OCc1ccccc1. The smallest absolute Gasteiger partial charge is 0.338 e. The van der Waals surface area contributed by atoms with Gasteiger partial charge in [0.2, 0.25) is 0 Å². The van der Waals surface area contributed by atoms with Gasteiger partial charge < -0.3 is 15.8 Å². The number of nitrogens with one attached hydrogen (secondary N) is 1. The summed E-state index contributed by atoms with van der Waals surface area (Å²) in [4.78, 5) is 16.6. The Bertz CT molecular complexity index is 564. The molecule has 5 heteroatoms. The van der Waals surface area contributed by atoms with Gasteiger partial charge in [-0.15, -0.1) is 0 Å². The zero-order chi connectivity index (χ0) is 15.2. The Hall–Kier alpha value is -2.30. The van der Waals surface area contributed by atoms with E-state index in [-0.39, 0.29) is 18.6 Å². The molecule has 5 nitrogen and oxygen atoms in total. The molecular formula is C16H21N3O2. The summed E-state index contributed by atoms with van der Waals surface area (Å²) < 4.78 is 5.40. The molecule has 0 spiro atoms. The van der Waals surface area contributed by atoms with Crippen LogP contribution in [0.25, 0.3) is 0 Å². The van der Waals surface area contributed by atoms with Crippen molar-refractivity contribution in [2.75, 3.05) is 0 Å². The van der Waals surface area contributed by atoms with Crippen molar-refractivity contribution in [1.29, 1.82) is 0 Å². The molecule has 3 N–H and O–H groups in total. The van der Waals surface area contributed by atoms with E-state index >= 15 is 0 Å². The van der Waals surface area contributed by atoms with Crippen molar-refractivity contribution in [2.45, 2.75) is 39.3 Å². The van der Waals surface area contributed by atoms with Gasteiger partial charge in [0.05, 0.1) is 11.6 Å². The maximum absolute atomic E-state index is 12.3. The highest BCUT2D eigenvalue weighted by atomic mass is 16.5. The molecular weight excluding hydrogens is 266 g/mol. The molecule has 0 saturated carbocycles. The molecule has 0 bridgehead atoms. The van der Waals surface area contributed by atoms with E-state index in [9.17, 15) is 4.79 Å². The molecule has 1 aliphatic rings. The summed E-state index contributed by atoms with van der Waals surface area (Å²) in [5, 5.41) is 2.90. The van der Waals surface area contributed by atoms with E-state index < -0.39 is 0 Å². The van der Waals surface area contributed by atoms with Crippen LogP contribution in [0.1, 0.15) is 32.3 Å². The molecule has 0 amide bonds. The zero-order valence-electron chi connectivity index (χ0n) is 12.4. The normalized spacial score (nSPS) is 18.0. The lowest BCUT2D eigenvalue weighted by Crippen LogP contribution is -2.39. The van der Waals surface area contributed by atoms with E-state index in [1.54, 1.807) is 0 Å². The minimum absolute atomic E-state index is 0.223. The highest BCUT2D eigenvalue weighted by Gasteiger charge is 2.27. The second kappa shape index (κ2) is 6.92. The highest BCUT2D eigenvalue weighted by Crippen LogP contribution is 2.21. The van der Waals surface area contributed by atoms with Crippen molar-refractivity contribution in [3.8, 4) is 0 Å². The van der Waals surface area contributed by atoms with Crippen molar-refractivity contribution in [3.05, 3.63) is 47.2 Å². The first-order valence-electron chi connectivity index (χ1n) is 7.14. The molecule has 0 aromatic heterocycles. The van der Waals surface area contributed by atoms with Crippen molar-refractivity contribution < 1.29 is 9.53 Å². The van der Waals surface area contributed by atoms with Crippen LogP contribution in [0.5, 0.6) is 0 Å². The standard InChI is InChI=1S/C16H21N3O2/c1-3-7-13-14(11(2)18-16(17)19-13)15(20)21-10-12-8-5-4-6-9-12/h4-6,8-9,13H,3,7,10H2,1-2H3,(H3,17,18,19). The second-order valence-electron chi connectivity index (χ2n) is 5.04. The van der Waals surface area contributed by atoms with Crippen molar-refractivity contribution in [3.63, 3.8) is 0 Å². The van der Waals surface area contributed by atoms with E-state index in [0.29, 0.717) is 11.5 Å². The summed E-state index contributed by atoms with van der Waals surface area (Å²) in [7, 11) is 0. The number of carbonyl (C=O) groups excluding carboxylic acids is 1. The average molecular weight is 287 g/mol. The number of esters is 1. The van der Waals surface area contributed by atoms with Crippen LogP contribution in [0.15, 0.2) is 46.6 Å². The first-order valence-corrected chi connectivity index (χ1v) is 7.14. The van der Waals surface area contributed by atoms with Crippen molar-refractivity contribution >= 4 is 11.9 Å². The van der Waals surface area contributed by atoms with Gasteiger partial charge in [0.1, 0.15) is 6.61 Å². The molecule has 1 aliphatic heterocycles. The topological polar surface area (TPSA) is 76.7 Å². The molecule has 1 atom stereocenters. The molecule has 0 radical (unpaired) electrons. The summed E-state index contributed by atoms with van der Waals surface area (Å²) in [5.41, 5.74) is 7.98. The van der Waals surface area contributed by atoms with Gasteiger partial charge in [-0.2, -0.15) is 0 Å². The fraction of sp³-hybridized carbons (Fsp3) is 0.375. The third-order valence-corrected chi connectivity index (χ3v) is 3.34. The van der Waals surface area contributed by atoms with Crippen LogP contribution < -0.4 is 11.1 Å². The van der Waals surface area contributed by atoms with Crippen LogP contribution in [0.3, 0.4) is 0 Å². The maximum Gasteiger partial charge on any atom is 0.338 e. The van der Waals surface area contributed by atoms with E-state index in [4.69, 9.17) is 10.5 Å². The summed E-state index contributed by atoms with van der Waals surface area (Å²) >= 11 is 0. The summed E-state index contributed by atoms with van der Waals surface area (Å²) in [6.07, 6.45) is 1.69. The Morgan fingerprint density at radius 2 is 2.10 bits per heavy atom. The number of nitrogens with two attached hydrogens (primary N) is 1. The van der Waals surface area contributed by atoms with E-state index in [1.165, 1.54) is 0 Å². The van der Waals surface area contributed by atoms with Crippen molar-refractivity contribution in [1.82, 2.24) is 5.32 Å². The van der Waals surface area contributed by atoms with Gasteiger partial charge in [0.15, 0.2) is 5.96 Å². The highest BCUT2D eigenvalue weighted by molar-refractivity contribution is 5.94. The number of ether oxygens (including phenoxy) is 1. The third kappa shape index (κ3) is 3.84. The molecule has 0 fully saturated rings. The summed E-state index contributed by atoms with van der Waals surface area (Å²) in [5.74, 6) is 0.0177. The first-order chi connectivity index (χ1) is 10.1. The number of rotatable bonds is 5. The quantitative estimate of drug-likeness (QED) is 0.813. The molecule has 112 valence electrons. The van der Waals surface area contributed by atoms with Crippen LogP contribution in [0, 0.1) is 0 Å². The first kappa shape index (κ1) is 15.1. The van der Waals surface area contributed by atoms with Gasteiger partial charge in [-0.05, 0) is 18.9 Å². The minimum Gasteiger partial charge on any atom is -0.457 e. The van der Waals surface area contributed by atoms with E-state index in [0.717, 1.165) is 24.1 Å². The van der Waals surface area contributed by atoms with Crippen LogP contribution in [0.2, 0.25) is 0 Å². The Labute approximate surface area is 124 Å². The Morgan fingerprint density at radius 3 is 2.76 bits per heavy atom. The number of nitrogens with zero attached hydrogens (tertiary/aromatic N) is 1. The fourth-order valence-electron chi connectivity index (χ4n) is 2.35. The van der Waals surface area contributed by atoms with Crippen molar-refractivity contribution in [2.24, 2.45) is 10.7 Å². The number of aliphatic imine (C=N–C) groups is 1. The molecule has 1 heterocycles. The Balaban J connectivity index is 2.07. The van der Waals surface area contributed by atoms with Gasteiger partial charge in [-0.1, -0.05) is 43.7 Å². The fourth-order valence-corrected chi connectivity index (χ4v) is 2.35. The van der Waals surface area contributed by atoms with Crippen LogP contribution in [-0.2, 0) is 16.1 Å². The third-order valence-electron chi connectivity index (χ3n) is 3.34. The maximum atomic E-state index is 12.3. The molecule has 1 unspecified atom stereocenters. The average Bonchev–Trinajstić information content (AvgIpc) is 2.46. The second-order valence-corrected chi connectivity index (χ2v) is 5.04. The lowest BCUT2D eigenvalue weighted by atomic mass is 10.00. The molecule has 1 aromatic rings. The lowest BCUT2D eigenvalue weighted by Gasteiger charge is -2.23. The molecule has 2 rings (SSSR count). The molecule has 0 aliphatic carbocycles. The monoisotopic (exact) mass is 287 g/mol. The van der Waals surface area contributed by atoms with Gasteiger partial charge in [-0.3, -0.25) is 0 Å². The van der Waals surface area contributed by atoms with Crippen LogP contribution in [0.4, 0.5) is 0 Å². The number of guanidine groups is 1. The Morgan fingerprint density at radius 1 is 1.38 bits per heavy atom. The predicted molar refractivity (Wildman–Crippen MR) is 82.4 cm³/mol. The van der Waals surface area contributed by atoms with Gasteiger partial charge in [0.25, 0.3) is 0 Å². The van der Waals surface area contributed by atoms with E-state index in [2.05, 4.69) is 17.2 Å². The zero-order valence-corrected chi connectivity index (χ0v) is 12.4. The number of hydrogen-bond donors (Lipinski definition) is 2. The Kier molecular flexibility index (Phi) is 4.98. The van der Waals surface area contributed by atoms with Crippen LogP contribution in [-0.4, -0.2) is 18.0 Å². The van der Waals surface area contributed by atoms with Gasteiger partial charge in [0, 0.05) is 5.70 Å². The molecule has 0 saturated heterocycles. The summed E-state index contributed by atoms with van der Waals surface area (Å²) in [6, 6.07) is 9.39. The van der Waals surface area contributed by atoms with Gasteiger partial charge in [-0.25, -0.2) is 9.79 Å². The van der Waals surface area contributed by atoms with Crippen LogP contribution >= 0.6 is 0 Å². The van der Waals surface area contributed by atoms with E-state index in [1.807, 2.05) is 37.3 Å². The minimum atomic E-state index is -0.335.